The molecule has 0 unspecified atom stereocenters. The number of carbonyl (C=O) groups excluding carboxylic acids is 1. The minimum atomic E-state index is 0.00347. The predicted octanol–water partition coefficient (Wildman–Crippen LogP) is 0.127. The van der Waals surface area contributed by atoms with E-state index in [1.54, 1.807) is 0 Å². The fourth-order valence-corrected chi connectivity index (χ4v) is 2.21. The van der Waals surface area contributed by atoms with Crippen LogP contribution in [0, 0.1) is 6.92 Å². The number of hydrogen-bond donors (Lipinski definition) is 0. The van der Waals surface area contributed by atoms with Crippen molar-refractivity contribution in [3.8, 4) is 0 Å². The summed E-state index contributed by atoms with van der Waals surface area (Å²) < 4.78 is 0. The van der Waals surface area contributed by atoms with E-state index in [2.05, 4.69) is 11.8 Å². The van der Waals surface area contributed by atoms with Gasteiger partial charge in [0.05, 0.1) is 0 Å². The van der Waals surface area contributed by atoms with Crippen molar-refractivity contribution < 1.29 is 4.79 Å². The zero-order valence-corrected chi connectivity index (χ0v) is 7.33. The Morgan fingerprint density at radius 1 is 1.17 bits per heavy atom. The Morgan fingerprint density at radius 2 is 1.83 bits per heavy atom. The van der Waals surface area contributed by atoms with Crippen molar-refractivity contribution in [3.05, 3.63) is 6.92 Å². The fourth-order valence-electron chi connectivity index (χ4n) is 2.21. The summed E-state index contributed by atoms with van der Waals surface area (Å²) in [6, 6.07) is 0.480. The molecule has 2 bridgehead atoms. The molecule has 0 spiro atoms. The van der Waals surface area contributed by atoms with Crippen LogP contribution < -0.4 is 0 Å². The van der Waals surface area contributed by atoms with E-state index in [-0.39, 0.29) is 5.91 Å². The Morgan fingerprint density at radius 3 is 2.42 bits per heavy atom. The minimum absolute atomic E-state index is 0.00347. The lowest BCUT2D eigenvalue weighted by Gasteiger charge is -2.30. The Labute approximate surface area is 73.3 Å². The molecule has 0 aliphatic carbocycles. The topological polar surface area (TPSA) is 23.6 Å². The number of hydrogen-bond acceptors (Lipinski definition) is 2. The van der Waals surface area contributed by atoms with E-state index in [4.69, 9.17) is 0 Å². The molecule has 0 N–H and O–H groups in total. The molecular formula is C9H15N2O. The van der Waals surface area contributed by atoms with Gasteiger partial charge < -0.3 is 9.80 Å². The van der Waals surface area contributed by atoms with Crippen molar-refractivity contribution in [2.75, 3.05) is 26.2 Å². The highest BCUT2D eigenvalue weighted by Crippen LogP contribution is 2.20. The third-order valence-electron chi connectivity index (χ3n) is 2.98. The number of piperidine rings is 1. The van der Waals surface area contributed by atoms with E-state index in [1.165, 1.54) is 0 Å². The third-order valence-corrected chi connectivity index (χ3v) is 2.98. The average molecular weight is 167 g/mol. The van der Waals surface area contributed by atoms with Crippen molar-refractivity contribution in [2.45, 2.75) is 18.9 Å². The first-order valence-corrected chi connectivity index (χ1v) is 4.62. The molecule has 0 aromatic carbocycles. The van der Waals surface area contributed by atoms with E-state index in [9.17, 15) is 4.79 Å². The van der Waals surface area contributed by atoms with E-state index in [1.807, 2.05) is 4.90 Å². The van der Waals surface area contributed by atoms with Crippen LogP contribution in [-0.4, -0.2) is 47.9 Å². The van der Waals surface area contributed by atoms with Crippen LogP contribution in [0.25, 0.3) is 0 Å². The number of fused-ring (bicyclic) bond motifs is 4. The van der Waals surface area contributed by atoms with Crippen molar-refractivity contribution in [3.63, 3.8) is 0 Å². The second-order valence-corrected chi connectivity index (χ2v) is 3.66. The second kappa shape index (κ2) is 3.05. The zero-order chi connectivity index (χ0) is 8.55. The second-order valence-electron chi connectivity index (χ2n) is 3.66. The maximum absolute atomic E-state index is 11.1. The Bertz CT molecular complexity index is 185. The van der Waals surface area contributed by atoms with Gasteiger partial charge in [0.15, 0.2) is 0 Å². The minimum Gasteiger partial charge on any atom is -0.338 e. The summed E-state index contributed by atoms with van der Waals surface area (Å²) in [5.41, 5.74) is 0. The first kappa shape index (κ1) is 8.05. The van der Waals surface area contributed by atoms with Gasteiger partial charge in [0.2, 0.25) is 5.91 Å². The maximum Gasteiger partial charge on any atom is 0.223 e. The molecule has 67 valence electrons. The lowest BCUT2D eigenvalue weighted by molar-refractivity contribution is -0.128. The van der Waals surface area contributed by atoms with Gasteiger partial charge in [-0.15, -0.1) is 0 Å². The van der Waals surface area contributed by atoms with Gasteiger partial charge in [-0.3, -0.25) is 4.79 Å². The van der Waals surface area contributed by atoms with E-state index in [0.717, 1.165) is 39.0 Å². The van der Waals surface area contributed by atoms with Crippen molar-refractivity contribution in [2.24, 2.45) is 0 Å². The summed E-state index contributed by atoms with van der Waals surface area (Å²) in [5.74, 6) is 0.00347. The largest absolute Gasteiger partial charge is 0.338 e. The molecule has 1 amide bonds. The SMILES string of the molecule is [CH2]C(=O)N1CCN2CCC1CC2. The molecule has 3 rings (SSSR count). The van der Waals surface area contributed by atoms with Gasteiger partial charge >= 0.3 is 0 Å². The summed E-state index contributed by atoms with van der Waals surface area (Å²) in [6.45, 7) is 7.73. The molecule has 3 nitrogen and oxygen atoms in total. The van der Waals surface area contributed by atoms with E-state index >= 15 is 0 Å². The molecule has 12 heavy (non-hydrogen) atoms. The molecule has 3 heterocycles. The molecule has 1 radical (unpaired) electrons. The van der Waals surface area contributed by atoms with Crippen LogP contribution in [0.15, 0.2) is 0 Å². The van der Waals surface area contributed by atoms with E-state index in [0.29, 0.717) is 6.04 Å². The van der Waals surface area contributed by atoms with Crippen molar-refractivity contribution in [1.82, 2.24) is 9.80 Å². The van der Waals surface area contributed by atoms with E-state index < -0.39 is 0 Å². The highest BCUT2D eigenvalue weighted by atomic mass is 16.2. The number of amides is 1. The smallest absolute Gasteiger partial charge is 0.223 e. The summed E-state index contributed by atoms with van der Waals surface area (Å²) in [5, 5.41) is 0. The van der Waals surface area contributed by atoms with Gasteiger partial charge in [-0.2, -0.15) is 0 Å². The molecule has 0 atom stereocenters. The molecule has 3 fully saturated rings. The van der Waals surface area contributed by atoms with Gasteiger partial charge in [0, 0.05) is 39.1 Å². The maximum atomic E-state index is 11.1. The van der Waals surface area contributed by atoms with Gasteiger partial charge in [-0.25, -0.2) is 0 Å². The molecule has 0 aromatic heterocycles. The van der Waals surface area contributed by atoms with Gasteiger partial charge in [-0.1, -0.05) is 0 Å². The first-order valence-electron chi connectivity index (χ1n) is 4.62. The normalized spacial score (nSPS) is 34.9. The van der Waals surface area contributed by atoms with Crippen LogP contribution in [0.4, 0.5) is 0 Å². The van der Waals surface area contributed by atoms with Crippen LogP contribution in [0.2, 0.25) is 0 Å². The first-order chi connectivity index (χ1) is 5.77. The quantitative estimate of drug-likeness (QED) is 0.512. The van der Waals surface area contributed by atoms with Crippen LogP contribution in [-0.2, 0) is 4.79 Å². The van der Waals surface area contributed by atoms with Crippen molar-refractivity contribution in [1.29, 1.82) is 0 Å². The number of carbonyl (C=O) groups is 1. The fraction of sp³-hybridized carbons (Fsp3) is 0.778. The van der Waals surface area contributed by atoms with Gasteiger partial charge in [0.25, 0.3) is 0 Å². The lowest BCUT2D eigenvalue weighted by atomic mass is 10.1. The summed E-state index contributed by atoms with van der Waals surface area (Å²) in [4.78, 5) is 15.5. The average Bonchev–Trinajstić information content (AvgIpc) is 2.36. The van der Waals surface area contributed by atoms with Crippen LogP contribution in [0.3, 0.4) is 0 Å². The third kappa shape index (κ3) is 1.33. The highest BCUT2D eigenvalue weighted by Gasteiger charge is 2.29. The van der Waals surface area contributed by atoms with Crippen LogP contribution in [0.1, 0.15) is 12.8 Å². The standard InChI is InChI=1S/C9H15N2O/c1-8(12)11-7-6-10-4-2-9(11)3-5-10/h9H,1-7H2. The lowest BCUT2D eigenvalue weighted by Crippen LogP contribution is -2.40. The Balaban J connectivity index is 2.10. The monoisotopic (exact) mass is 167 g/mol. The van der Waals surface area contributed by atoms with Crippen LogP contribution >= 0.6 is 0 Å². The Kier molecular flexibility index (Phi) is 2.05. The predicted molar refractivity (Wildman–Crippen MR) is 46.5 cm³/mol. The molecule has 3 aliphatic heterocycles. The molecular weight excluding hydrogens is 152 g/mol. The molecule has 3 heteroatoms. The zero-order valence-electron chi connectivity index (χ0n) is 7.33. The molecule has 0 saturated carbocycles. The summed E-state index contributed by atoms with van der Waals surface area (Å²) >= 11 is 0. The molecule has 0 aromatic rings. The Hall–Kier alpha value is -0.570. The summed E-state index contributed by atoms with van der Waals surface area (Å²) in [7, 11) is 0. The molecule has 3 aliphatic rings. The number of nitrogens with zero attached hydrogens (tertiary/aromatic N) is 2. The van der Waals surface area contributed by atoms with Crippen molar-refractivity contribution >= 4 is 5.91 Å². The molecule has 3 saturated heterocycles. The highest BCUT2D eigenvalue weighted by molar-refractivity contribution is 5.80. The summed E-state index contributed by atoms with van der Waals surface area (Å²) in [6.07, 6.45) is 2.28. The van der Waals surface area contributed by atoms with Gasteiger partial charge in [0.1, 0.15) is 0 Å². The van der Waals surface area contributed by atoms with Crippen LogP contribution in [0.5, 0.6) is 0 Å². The van der Waals surface area contributed by atoms with Gasteiger partial charge in [-0.05, 0) is 12.8 Å². The number of rotatable bonds is 0.